The van der Waals surface area contributed by atoms with Gasteiger partial charge in [0.05, 0.1) is 12.6 Å². The van der Waals surface area contributed by atoms with E-state index in [0.717, 1.165) is 33.5 Å². The van der Waals surface area contributed by atoms with Gasteiger partial charge < -0.3 is 9.72 Å². The zero-order valence-electron chi connectivity index (χ0n) is 10.7. The molecule has 3 heteroatoms. The van der Waals surface area contributed by atoms with E-state index in [4.69, 9.17) is 4.74 Å². The first-order valence-electron chi connectivity index (χ1n) is 5.68. The Bertz CT molecular complexity index is 581. The molecule has 0 amide bonds. The standard InChI is InChI=1S/C14H17NO2/c1-8-5-12-11(7-9(2)16)10(3)15-14(12)13(6-8)17-4/h5-6,15H,7H2,1-4H3. The molecule has 0 aliphatic rings. The summed E-state index contributed by atoms with van der Waals surface area (Å²) in [5.41, 5.74) is 4.23. The van der Waals surface area contributed by atoms with E-state index >= 15 is 0 Å². The van der Waals surface area contributed by atoms with E-state index in [1.807, 2.05) is 19.9 Å². The molecule has 0 bridgehead atoms. The largest absolute Gasteiger partial charge is 0.495 e. The highest BCUT2D eigenvalue weighted by Crippen LogP contribution is 2.31. The highest BCUT2D eigenvalue weighted by molar-refractivity contribution is 5.93. The van der Waals surface area contributed by atoms with Crippen LogP contribution in [0.4, 0.5) is 0 Å². The number of aromatic amines is 1. The van der Waals surface area contributed by atoms with Crippen molar-refractivity contribution in [1.29, 1.82) is 0 Å². The van der Waals surface area contributed by atoms with Crippen LogP contribution in [0.2, 0.25) is 0 Å². The van der Waals surface area contributed by atoms with E-state index in [1.54, 1.807) is 14.0 Å². The van der Waals surface area contributed by atoms with Crippen LogP contribution in [0.25, 0.3) is 10.9 Å². The van der Waals surface area contributed by atoms with Crippen LogP contribution in [0, 0.1) is 13.8 Å². The third-order valence-corrected chi connectivity index (χ3v) is 2.98. The maximum absolute atomic E-state index is 11.3. The Morgan fingerprint density at radius 2 is 2.06 bits per heavy atom. The zero-order chi connectivity index (χ0) is 12.6. The number of nitrogens with one attached hydrogen (secondary N) is 1. The number of aromatic nitrogens is 1. The molecule has 0 unspecified atom stereocenters. The van der Waals surface area contributed by atoms with E-state index in [2.05, 4.69) is 11.1 Å². The molecule has 1 aromatic carbocycles. The molecule has 0 fully saturated rings. The van der Waals surface area contributed by atoms with E-state index in [9.17, 15) is 4.79 Å². The van der Waals surface area contributed by atoms with Crippen molar-refractivity contribution < 1.29 is 9.53 Å². The summed E-state index contributed by atoms with van der Waals surface area (Å²) in [7, 11) is 1.66. The average Bonchev–Trinajstić information content (AvgIpc) is 2.55. The van der Waals surface area contributed by atoms with Crippen LogP contribution in [-0.2, 0) is 11.2 Å². The number of H-pyrrole nitrogens is 1. The summed E-state index contributed by atoms with van der Waals surface area (Å²) >= 11 is 0. The van der Waals surface area contributed by atoms with Gasteiger partial charge in [0, 0.05) is 17.5 Å². The van der Waals surface area contributed by atoms with Crippen molar-refractivity contribution in [1.82, 2.24) is 4.98 Å². The summed E-state index contributed by atoms with van der Waals surface area (Å²) in [5, 5.41) is 1.09. The highest BCUT2D eigenvalue weighted by Gasteiger charge is 2.13. The van der Waals surface area contributed by atoms with Gasteiger partial charge in [-0.25, -0.2) is 0 Å². The lowest BCUT2D eigenvalue weighted by atomic mass is 10.0. The second-order valence-corrected chi connectivity index (χ2v) is 4.50. The zero-order valence-corrected chi connectivity index (χ0v) is 10.7. The number of hydrogen-bond donors (Lipinski definition) is 1. The lowest BCUT2D eigenvalue weighted by molar-refractivity contribution is -0.116. The summed E-state index contributed by atoms with van der Waals surface area (Å²) in [4.78, 5) is 14.6. The topological polar surface area (TPSA) is 42.1 Å². The first-order valence-corrected chi connectivity index (χ1v) is 5.68. The van der Waals surface area contributed by atoms with E-state index < -0.39 is 0 Å². The first kappa shape index (κ1) is 11.7. The molecule has 0 aliphatic carbocycles. The lowest BCUT2D eigenvalue weighted by Gasteiger charge is -2.04. The molecule has 2 aromatic rings. The van der Waals surface area contributed by atoms with Crippen LogP contribution >= 0.6 is 0 Å². The van der Waals surface area contributed by atoms with Crippen LogP contribution in [0.1, 0.15) is 23.7 Å². The molecule has 2 rings (SSSR count). The predicted octanol–water partition coefficient (Wildman–Crippen LogP) is 2.92. The monoisotopic (exact) mass is 231 g/mol. The Hall–Kier alpha value is -1.77. The first-order chi connectivity index (χ1) is 8.02. The lowest BCUT2D eigenvalue weighted by Crippen LogP contribution is -1.97. The number of aryl methyl sites for hydroxylation is 2. The fraction of sp³-hybridized carbons (Fsp3) is 0.357. The van der Waals surface area contributed by atoms with E-state index in [-0.39, 0.29) is 5.78 Å². The van der Waals surface area contributed by atoms with Gasteiger partial charge >= 0.3 is 0 Å². The predicted molar refractivity (Wildman–Crippen MR) is 68.7 cm³/mol. The molecule has 0 spiro atoms. The Labute approximate surface area is 101 Å². The third-order valence-electron chi connectivity index (χ3n) is 2.98. The van der Waals surface area contributed by atoms with Crippen molar-refractivity contribution in [2.45, 2.75) is 27.2 Å². The van der Waals surface area contributed by atoms with E-state index in [1.165, 1.54) is 0 Å². The van der Waals surface area contributed by atoms with Crippen molar-refractivity contribution in [2.75, 3.05) is 7.11 Å². The molecule has 0 saturated heterocycles. The highest BCUT2D eigenvalue weighted by atomic mass is 16.5. The molecule has 3 nitrogen and oxygen atoms in total. The molecule has 0 aliphatic heterocycles. The maximum atomic E-state index is 11.3. The van der Waals surface area contributed by atoms with Crippen molar-refractivity contribution in [2.24, 2.45) is 0 Å². The minimum atomic E-state index is 0.175. The molecule has 1 N–H and O–H groups in total. The minimum absolute atomic E-state index is 0.175. The second kappa shape index (κ2) is 4.24. The van der Waals surface area contributed by atoms with Gasteiger partial charge in [0.1, 0.15) is 11.5 Å². The van der Waals surface area contributed by atoms with Gasteiger partial charge in [0.15, 0.2) is 0 Å². The van der Waals surface area contributed by atoms with Crippen molar-refractivity contribution in [3.8, 4) is 5.75 Å². The quantitative estimate of drug-likeness (QED) is 0.882. The molecule has 1 aromatic heterocycles. The minimum Gasteiger partial charge on any atom is -0.495 e. The number of carbonyl (C=O) groups excluding carboxylic acids is 1. The molecule has 0 saturated carbocycles. The smallest absolute Gasteiger partial charge is 0.143 e. The van der Waals surface area contributed by atoms with Gasteiger partial charge in [0.2, 0.25) is 0 Å². The van der Waals surface area contributed by atoms with Crippen molar-refractivity contribution in [3.05, 3.63) is 29.0 Å². The number of methoxy groups -OCH3 is 1. The van der Waals surface area contributed by atoms with E-state index in [0.29, 0.717) is 6.42 Å². The Morgan fingerprint density at radius 3 is 2.65 bits per heavy atom. The summed E-state index contributed by atoms with van der Waals surface area (Å²) in [6, 6.07) is 4.09. The number of hydrogen-bond acceptors (Lipinski definition) is 2. The van der Waals surface area contributed by atoms with Crippen LogP contribution < -0.4 is 4.74 Å². The number of carbonyl (C=O) groups is 1. The number of benzene rings is 1. The van der Waals surface area contributed by atoms with Gasteiger partial charge in [-0.2, -0.15) is 0 Å². The fourth-order valence-electron chi connectivity index (χ4n) is 2.22. The van der Waals surface area contributed by atoms with Crippen LogP contribution in [0.3, 0.4) is 0 Å². The number of fused-ring (bicyclic) bond motifs is 1. The second-order valence-electron chi connectivity index (χ2n) is 4.50. The molecule has 90 valence electrons. The third kappa shape index (κ3) is 2.05. The average molecular weight is 231 g/mol. The number of Topliss-reactive ketones (excluding diaryl/α,β-unsaturated/α-hetero) is 1. The normalized spacial score (nSPS) is 10.8. The van der Waals surface area contributed by atoms with Gasteiger partial charge in [0.25, 0.3) is 0 Å². The van der Waals surface area contributed by atoms with Crippen molar-refractivity contribution >= 4 is 16.7 Å². The number of ether oxygens (including phenoxy) is 1. The molecule has 0 atom stereocenters. The molecular weight excluding hydrogens is 214 g/mol. The summed E-state index contributed by atoms with van der Waals surface area (Å²) in [5.74, 6) is 1.01. The molecule has 1 heterocycles. The molecule has 0 radical (unpaired) electrons. The van der Waals surface area contributed by atoms with Gasteiger partial charge in [-0.05, 0) is 44.0 Å². The Kier molecular flexibility index (Phi) is 2.92. The number of rotatable bonds is 3. The fourth-order valence-corrected chi connectivity index (χ4v) is 2.22. The summed E-state index contributed by atoms with van der Waals surface area (Å²) in [6.07, 6.45) is 0.471. The molecular formula is C14H17NO2. The Balaban J connectivity index is 2.72. The SMILES string of the molecule is COc1cc(C)cc2c(CC(C)=O)c(C)[nH]c12. The van der Waals surface area contributed by atoms with Crippen LogP contribution in [0.15, 0.2) is 12.1 Å². The van der Waals surface area contributed by atoms with Gasteiger partial charge in [-0.3, -0.25) is 4.79 Å². The summed E-state index contributed by atoms with van der Waals surface area (Å²) < 4.78 is 5.37. The number of ketones is 1. The molecule has 17 heavy (non-hydrogen) atoms. The Morgan fingerprint density at radius 1 is 1.35 bits per heavy atom. The van der Waals surface area contributed by atoms with Crippen LogP contribution in [0.5, 0.6) is 5.75 Å². The summed E-state index contributed by atoms with van der Waals surface area (Å²) in [6.45, 7) is 5.64. The maximum Gasteiger partial charge on any atom is 0.143 e. The van der Waals surface area contributed by atoms with Crippen molar-refractivity contribution in [3.63, 3.8) is 0 Å². The van der Waals surface area contributed by atoms with Crippen LogP contribution in [-0.4, -0.2) is 17.9 Å². The van der Waals surface area contributed by atoms with Gasteiger partial charge in [-0.1, -0.05) is 0 Å². The van der Waals surface area contributed by atoms with Gasteiger partial charge in [-0.15, -0.1) is 0 Å².